The molecule has 0 amide bonds. The van der Waals surface area contributed by atoms with E-state index in [0.29, 0.717) is 17.6 Å². The highest BCUT2D eigenvalue weighted by atomic mass is 32.2. The molecule has 3 N–H and O–H groups in total. The molecule has 3 heterocycles. The number of aromatic amines is 1. The molecule has 166 valence electrons. The first kappa shape index (κ1) is 21.5. The molecule has 10 heteroatoms. The van der Waals surface area contributed by atoms with Crippen molar-refractivity contribution >= 4 is 32.7 Å². The van der Waals surface area contributed by atoms with E-state index in [1.54, 1.807) is 31.6 Å². The first-order valence-corrected chi connectivity index (χ1v) is 12.1. The lowest BCUT2D eigenvalue weighted by molar-refractivity contribution is 0.335. The fourth-order valence-electron chi connectivity index (χ4n) is 4.35. The fourth-order valence-corrected chi connectivity index (χ4v) is 5.86. The van der Waals surface area contributed by atoms with Crippen LogP contribution in [0.4, 0.5) is 11.6 Å². The molecule has 0 bridgehead atoms. The molecule has 31 heavy (non-hydrogen) atoms. The molecule has 3 aromatic rings. The smallest absolute Gasteiger partial charge is 0.214 e. The van der Waals surface area contributed by atoms with Crippen LogP contribution < -0.4 is 10.6 Å². The number of anilines is 2. The first-order chi connectivity index (χ1) is 14.8. The zero-order valence-electron chi connectivity index (χ0n) is 17.9. The number of rotatable bonds is 7. The van der Waals surface area contributed by atoms with Gasteiger partial charge in [0.15, 0.2) is 0 Å². The number of nitrogen functional groups attached to an aromatic ring is 1. The third-order valence-corrected chi connectivity index (χ3v) is 8.14. The normalized spacial score (nSPS) is 19.7. The lowest BCUT2D eigenvalue weighted by Gasteiger charge is -2.35. The lowest BCUT2D eigenvalue weighted by atomic mass is 9.86. The number of nitrogens with zero attached hydrogens (tertiary/aromatic N) is 5. The minimum atomic E-state index is -3.37. The molecule has 0 aliphatic heterocycles. The van der Waals surface area contributed by atoms with Crippen LogP contribution in [0.5, 0.6) is 0 Å². The number of pyridine rings is 1. The van der Waals surface area contributed by atoms with Crippen molar-refractivity contribution in [3.8, 4) is 0 Å². The zero-order valence-corrected chi connectivity index (χ0v) is 18.7. The summed E-state index contributed by atoms with van der Waals surface area (Å²) in [5.74, 6) is 1.63. The van der Waals surface area contributed by atoms with Crippen LogP contribution in [-0.2, 0) is 16.6 Å². The third-order valence-electron chi connectivity index (χ3n) is 6.17. The third kappa shape index (κ3) is 4.80. The van der Waals surface area contributed by atoms with Crippen LogP contribution in [-0.4, -0.2) is 58.5 Å². The van der Waals surface area contributed by atoms with Crippen molar-refractivity contribution in [2.75, 3.05) is 30.5 Å². The van der Waals surface area contributed by atoms with Crippen molar-refractivity contribution in [3.05, 3.63) is 42.5 Å². The van der Waals surface area contributed by atoms with Crippen LogP contribution in [0.3, 0.4) is 0 Å². The molecule has 0 atom stereocenters. The average Bonchev–Trinajstić information content (AvgIpc) is 3.22. The van der Waals surface area contributed by atoms with Crippen molar-refractivity contribution in [2.24, 2.45) is 5.92 Å². The van der Waals surface area contributed by atoms with Gasteiger partial charge < -0.3 is 15.6 Å². The topological polar surface area (TPSA) is 121 Å². The summed E-state index contributed by atoms with van der Waals surface area (Å²) in [5, 5.41) is 1.01. The average molecular weight is 444 g/mol. The number of nitrogens with two attached hydrogens (primary N) is 1. The van der Waals surface area contributed by atoms with Gasteiger partial charge >= 0.3 is 0 Å². The summed E-state index contributed by atoms with van der Waals surface area (Å²) in [6, 6.07) is 7.59. The van der Waals surface area contributed by atoms with Crippen molar-refractivity contribution < 1.29 is 8.42 Å². The van der Waals surface area contributed by atoms with E-state index in [0.717, 1.165) is 42.5 Å². The number of nitrogens with one attached hydrogen (secondary N) is 1. The minimum Gasteiger partial charge on any atom is -0.384 e. The summed E-state index contributed by atoms with van der Waals surface area (Å²) >= 11 is 0. The largest absolute Gasteiger partial charge is 0.384 e. The summed E-state index contributed by atoms with van der Waals surface area (Å²) < 4.78 is 27.1. The Bertz CT molecular complexity index is 1140. The predicted octanol–water partition coefficient (Wildman–Crippen LogP) is 2.39. The molecule has 0 radical (unpaired) electrons. The van der Waals surface area contributed by atoms with Gasteiger partial charge in [-0.1, -0.05) is 6.07 Å². The molecule has 1 aliphatic rings. The molecule has 9 nitrogen and oxygen atoms in total. The molecule has 1 saturated carbocycles. The monoisotopic (exact) mass is 443 g/mol. The Morgan fingerprint density at radius 3 is 2.65 bits per heavy atom. The van der Waals surface area contributed by atoms with Gasteiger partial charge in [0.05, 0.1) is 23.4 Å². The molecule has 0 spiro atoms. The van der Waals surface area contributed by atoms with E-state index >= 15 is 0 Å². The van der Waals surface area contributed by atoms with E-state index in [-0.39, 0.29) is 18.2 Å². The second-order valence-corrected chi connectivity index (χ2v) is 10.4. The number of H-pyrrole nitrogens is 1. The van der Waals surface area contributed by atoms with Crippen molar-refractivity contribution in [2.45, 2.75) is 38.3 Å². The molecule has 3 aromatic heterocycles. The van der Waals surface area contributed by atoms with E-state index in [4.69, 9.17) is 5.73 Å². The van der Waals surface area contributed by atoms with Gasteiger partial charge in [0.2, 0.25) is 10.0 Å². The second-order valence-electron chi connectivity index (χ2n) is 8.31. The van der Waals surface area contributed by atoms with E-state index < -0.39 is 10.0 Å². The Kier molecular flexibility index (Phi) is 6.10. The maximum atomic E-state index is 12.9. The standard InChI is InChI=1S/C21H29N7O2S/c1-27(12-16-4-3-5-19(22)26-16)31(29,30)13-15-6-8-17(9-7-15)28(2)21-18-10-11-23-20(18)24-14-25-21/h3-5,10-11,14-15,17H,6-9,12-13H2,1-2H3,(H2,22,26)(H,23,24,25). The van der Waals surface area contributed by atoms with Gasteiger partial charge in [0.25, 0.3) is 0 Å². The lowest BCUT2D eigenvalue weighted by Crippen LogP contribution is -2.38. The highest BCUT2D eigenvalue weighted by Gasteiger charge is 2.30. The number of aromatic nitrogens is 4. The molecule has 4 rings (SSSR count). The van der Waals surface area contributed by atoms with Gasteiger partial charge in [-0.3, -0.25) is 0 Å². The van der Waals surface area contributed by atoms with E-state index in [1.807, 2.05) is 12.3 Å². The number of sulfonamides is 1. The van der Waals surface area contributed by atoms with Crippen LogP contribution >= 0.6 is 0 Å². The Hall–Kier alpha value is -2.72. The Labute approximate surface area is 182 Å². The number of hydrogen-bond acceptors (Lipinski definition) is 7. The summed E-state index contributed by atoms with van der Waals surface area (Å²) in [5.41, 5.74) is 7.18. The van der Waals surface area contributed by atoms with Gasteiger partial charge in [-0.05, 0) is 49.8 Å². The second kappa shape index (κ2) is 8.80. The minimum absolute atomic E-state index is 0.156. The molecule has 0 aromatic carbocycles. The maximum absolute atomic E-state index is 12.9. The van der Waals surface area contributed by atoms with Gasteiger partial charge in [-0.2, -0.15) is 4.31 Å². The Morgan fingerprint density at radius 2 is 1.90 bits per heavy atom. The number of fused-ring (bicyclic) bond motifs is 1. The van der Waals surface area contributed by atoms with Gasteiger partial charge in [-0.15, -0.1) is 0 Å². The Morgan fingerprint density at radius 1 is 1.13 bits per heavy atom. The molecular weight excluding hydrogens is 414 g/mol. The molecular formula is C21H29N7O2S. The van der Waals surface area contributed by atoms with Gasteiger partial charge in [0.1, 0.15) is 23.6 Å². The van der Waals surface area contributed by atoms with Gasteiger partial charge in [-0.25, -0.2) is 23.4 Å². The van der Waals surface area contributed by atoms with Crippen LogP contribution in [0.2, 0.25) is 0 Å². The highest BCUT2D eigenvalue weighted by molar-refractivity contribution is 7.89. The van der Waals surface area contributed by atoms with Crippen LogP contribution in [0.1, 0.15) is 31.4 Å². The summed E-state index contributed by atoms with van der Waals surface area (Å²) in [6.07, 6.45) is 7.07. The van der Waals surface area contributed by atoms with Crippen LogP contribution in [0.15, 0.2) is 36.8 Å². The first-order valence-electron chi connectivity index (χ1n) is 10.5. The zero-order chi connectivity index (χ0) is 22.0. The maximum Gasteiger partial charge on any atom is 0.214 e. The van der Waals surface area contributed by atoms with E-state index in [9.17, 15) is 8.42 Å². The molecule has 1 fully saturated rings. The van der Waals surface area contributed by atoms with Crippen LogP contribution in [0, 0.1) is 5.92 Å². The molecule has 0 unspecified atom stereocenters. The summed E-state index contributed by atoms with van der Waals surface area (Å²) in [7, 11) is 0.298. The summed E-state index contributed by atoms with van der Waals surface area (Å²) in [4.78, 5) is 18.3. The van der Waals surface area contributed by atoms with Crippen LogP contribution in [0.25, 0.3) is 11.0 Å². The van der Waals surface area contributed by atoms with E-state index in [1.165, 1.54) is 4.31 Å². The molecule has 1 aliphatic carbocycles. The summed E-state index contributed by atoms with van der Waals surface area (Å²) in [6.45, 7) is 0.228. The van der Waals surface area contributed by atoms with E-state index in [2.05, 4.69) is 31.9 Å². The van der Waals surface area contributed by atoms with Crippen molar-refractivity contribution in [1.29, 1.82) is 0 Å². The highest BCUT2D eigenvalue weighted by Crippen LogP contribution is 2.32. The predicted molar refractivity (Wildman–Crippen MR) is 122 cm³/mol. The van der Waals surface area contributed by atoms with Gasteiger partial charge in [0, 0.05) is 26.3 Å². The Balaban J connectivity index is 1.34. The molecule has 0 saturated heterocycles. The van der Waals surface area contributed by atoms with Crippen molar-refractivity contribution in [3.63, 3.8) is 0 Å². The fraction of sp³-hybridized carbons (Fsp3) is 0.476. The number of hydrogen-bond donors (Lipinski definition) is 2. The van der Waals surface area contributed by atoms with Crippen molar-refractivity contribution in [1.82, 2.24) is 24.2 Å². The SMILES string of the molecule is CN(c1ncnc2[nH]ccc12)C1CCC(CS(=O)(=O)N(C)Cc2cccc(N)n2)CC1. The quantitative estimate of drug-likeness (QED) is 0.575.